The van der Waals surface area contributed by atoms with Gasteiger partial charge in [-0.2, -0.15) is 0 Å². The van der Waals surface area contributed by atoms with Gasteiger partial charge in [-0.15, -0.1) is 0 Å². The van der Waals surface area contributed by atoms with Crippen LogP contribution in [-0.2, 0) is 0 Å². The number of aromatic nitrogens is 4. The molecule has 0 aliphatic rings. The monoisotopic (exact) mass is 576 g/mol. The van der Waals surface area contributed by atoms with Crippen LogP contribution in [0.25, 0.3) is 83.6 Å². The van der Waals surface area contributed by atoms with Gasteiger partial charge in [0.2, 0.25) is 0 Å². The number of nitrogens with zero attached hydrogens (tertiary/aromatic N) is 4. The molecule has 5 nitrogen and oxygen atoms in total. The van der Waals surface area contributed by atoms with Crippen molar-refractivity contribution in [2.45, 2.75) is 0 Å². The fraction of sp³-hybridized carbons (Fsp3) is 0. The minimum Gasteiger partial charge on any atom is -0.456 e. The maximum absolute atomic E-state index is 9.63. The van der Waals surface area contributed by atoms with Crippen LogP contribution in [0.5, 0.6) is 0 Å². The van der Waals surface area contributed by atoms with Crippen molar-refractivity contribution in [3.05, 3.63) is 145 Å². The van der Waals surface area contributed by atoms with Crippen LogP contribution in [0, 0.1) is 0 Å². The molecule has 206 valence electrons. The van der Waals surface area contributed by atoms with E-state index in [1.807, 2.05) is 42.5 Å². The fourth-order valence-electron chi connectivity index (χ4n) is 5.40. The van der Waals surface area contributed by atoms with E-state index < -0.39 is 78.2 Å². The van der Waals surface area contributed by atoms with E-state index in [1.54, 1.807) is 30.3 Å². The second-order valence-corrected chi connectivity index (χ2v) is 9.99. The van der Waals surface area contributed by atoms with Gasteiger partial charge in [-0.25, -0.2) is 15.0 Å². The third-order valence-electron chi connectivity index (χ3n) is 7.40. The highest BCUT2D eigenvalue weighted by Crippen LogP contribution is 2.36. The summed E-state index contributed by atoms with van der Waals surface area (Å²) in [6, 6.07) is 14.3. The number of furan rings is 1. The Kier molecular flexibility index (Phi) is 3.42. The minimum atomic E-state index is -0.718. The van der Waals surface area contributed by atoms with Gasteiger partial charge >= 0.3 is 0 Å². The van der Waals surface area contributed by atoms with Crippen molar-refractivity contribution in [1.82, 2.24) is 19.5 Å². The lowest BCUT2D eigenvalue weighted by Crippen LogP contribution is -2.00. The van der Waals surface area contributed by atoms with Crippen LogP contribution in [0.2, 0.25) is 0 Å². The summed E-state index contributed by atoms with van der Waals surface area (Å²) >= 11 is 0. The average Bonchev–Trinajstić information content (AvgIpc) is 3.77. The third kappa shape index (κ3) is 3.91. The van der Waals surface area contributed by atoms with E-state index in [1.165, 1.54) is 0 Å². The Morgan fingerprint density at radius 3 is 2.05 bits per heavy atom. The normalized spacial score (nSPS) is 15.5. The number of para-hydroxylation sites is 3. The first kappa shape index (κ1) is 15.4. The molecule has 6 aromatic carbocycles. The molecular formula is C39H24N4O. The zero-order chi connectivity index (χ0) is 39.5. The Hall–Kier alpha value is -6.07. The fourth-order valence-corrected chi connectivity index (χ4v) is 5.40. The standard InChI is InChI=1S/C39H24N4O/c1-3-11-25(12-4-1)37-40-38(42-39(41-37)27-19-21-31-30-16-8-10-18-35(30)44-36(31)24-27)26-20-22-34-32(23-26)29-15-7-9-17-33(29)43(34)28-13-5-2-6-14-28/h1-24H/i2D,5D,6D,7D,9D,13D,14D,15D,17D,20D,22D,23D. The van der Waals surface area contributed by atoms with Crippen molar-refractivity contribution in [2.75, 3.05) is 0 Å². The summed E-state index contributed by atoms with van der Waals surface area (Å²) in [5, 5.41) is 1.32. The molecule has 0 atom stereocenters. The second-order valence-electron chi connectivity index (χ2n) is 9.99. The maximum atomic E-state index is 9.63. The van der Waals surface area contributed by atoms with Gasteiger partial charge in [-0.3, -0.25) is 0 Å². The van der Waals surface area contributed by atoms with Crippen molar-refractivity contribution in [3.8, 4) is 39.9 Å². The summed E-state index contributed by atoms with van der Waals surface area (Å²) in [6.07, 6.45) is 0. The zero-order valence-corrected chi connectivity index (χ0v) is 22.6. The third-order valence-corrected chi connectivity index (χ3v) is 7.40. The lowest BCUT2D eigenvalue weighted by molar-refractivity contribution is 0.669. The van der Waals surface area contributed by atoms with E-state index in [9.17, 15) is 4.11 Å². The molecule has 0 aliphatic heterocycles. The molecule has 0 fully saturated rings. The van der Waals surface area contributed by atoms with Crippen molar-refractivity contribution in [3.63, 3.8) is 0 Å². The molecule has 9 rings (SSSR count). The number of fused-ring (bicyclic) bond motifs is 6. The molecule has 0 unspecified atom stereocenters. The molecule has 0 saturated carbocycles. The highest BCUT2D eigenvalue weighted by atomic mass is 16.3. The van der Waals surface area contributed by atoms with Gasteiger partial charge < -0.3 is 8.98 Å². The first-order chi connectivity index (χ1) is 26.8. The van der Waals surface area contributed by atoms with Gasteiger partial charge in [0.25, 0.3) is 0 Å². The number of hydrogen-bond donors (Lipinski definition) is 0. The summed E-state index contributed by atoms with van der Waals surface area (Å²) in [6.45, 7) is 0. The highest BCUT2D eigenvalue weighted by Gasteiger charge is 2.17. The van der Waals surface area contributed by atoms with E-state index in [0.717, 1.165) is 15.3 Å². The summed E-state index contributed by atoms with van der Waals surface area (Å²) in [5.74, 6) is 0.169. The molecule has 0 saturated heterocycles. The largest absolute Gasteiger partial charge is 0.456 e. The lowest BCUT2D eigenvalue weighted by Gasteiger charge is -2.10. The van der Waals surface area contributed by atoms with Gasteiger partial charge in [0.05, 0.1) is 27.5 Å². The average molecular weight is 577 g/mol. The summed E-state index contributed by atoms with van der Waals surface area (Å²) in [5.41, 5.74) is 0.959. The number of rotatable bonds is 4. The summed E-state index contributed by atoms with van der Waals surface area (Å²) in [4.78, 5) is 14.2. The minimum absolute atomic E-state index is 0.158. The van der Waals surface area contributed by atoms with Gasteiger partial charge in [-0.1, -0.05) is 90.9 Å². The first-order valence-corrected chi connectivity index (χ1v) is 13.6. The van der Waals surface area contributed by atoms with Crippen molar-refractivity contribution < 1.29 is 20.9 Å². The Morgan fingerprint density at radius 2 is 1.18 bits per heavy atom. The van der Waals surface area contributed by atoms with Crippen LogP contribution in [0.3, 0.4) is 0 Å². The molecule has 0 spiro atoms. The van der Waals surface area contributed by atoms with Crippen molar-refractivity contribution >= 4 is 43.7 Å². The molecule has 0 radical (unpaired) electrons. The van der Waals surface area contributed by atoms with E-state index in [0.29, 0.717) is 22.3 Å². The van der Waals surface area contributed by atoms with E-state index >= 15 is 0 Å². The predicted octanol–water partition coefficient (Wildman–Crippen LogP) is 9.87. The highest BCUT2D eigenvalue weighted by molar-refractivity contribution is 6.10. The first-order valence-electron chi connectivity index (χ1n) is 19.6. The van der Waals surface area contributed by atoms with Crippen LogP contribution in [0.15, 0.2) is 150 Å². The smallest absolute Gasteiger partial charge is 0.164 e. The predicted molar refractivity (Wildman–Crippen MR) is 178 cm³/mol. The van der Waals surface area contributed by atoms with Crippen molar-refractivity contribution in [1.29, 1.82) is 0 Å². The molecule has 0 amide bonds. The van der Waals surface area contributed by atoms with E-state index in [4.69, 9.17) is 26.7 Å². The molecule has 44 heavy (non-hydrogen) atoms. The Balaban J connectivity index is 1.40. The van der Waals surface area contributed by atoms with Crippen LogP contribution in [-0.4, -0.2) is 19.5 Å². The SMILES string of the molecule is [2H]c1c([2H])c([2H])c(-n2c3c([2H])c([2H])c([2H])c([2H])c3c3c([2H])c(-c4nc(-c5ccccc5)nc(-c5ccc6c(c5)oc5ccccc56)n4)c([2H])c([2H])c32)c([2H])c1[2H]. The van der Waals surface area contributed by atoms with Crippen LogP contribution in [0.4, 0.5) is 0 Å². The Morgan fingerprint density at radius 1 is 0.500 bits per heavy atom. The van der Waals surface area contributed by atoms with E-state index in [2.05, 4.69) is 4.98 Å². The van der Waals surface area contributed by atoms with Gasteiger partial charge in [0, 0.05) is 43.9 Å². The molecular weight excluding hydrogens is 540 g/mol. The zero-order valence-electron chi connectivity index (χ0n) is 34.6. The number of benzene rings is 6. The summed E-state index contributed by atoms with van der Waals surface area (Å²) in [7, 11) is 0. The quantitative estimate of drug-likeness (QED) is 0.209. The van der Waals surface area contributed by atoms with Gasteiger partial charge in [0.15, 0.2) is 17.5 Å². The Bertz CT molecular complexity index is 3150. The topological polar surface area (TPSA) is 56.7 Å². The molecule has 5 heteroatoms. The van der Waals surface area contributed by atoms with Crippen LogP contribution in [0.1, 0.15) is 16.4 Å². The molecule has 3 heterocycles. The van der Waals surface area contributed by atoms with Crippen LogP contribution >= 0.6 is 0 Å². The Labute approximate surface area is 269 Å². The molecule has 0 N–H and O–H groups in total. The maximum Gasteiger partial charge on any atom is 0.164 e. The molecule has 0 aliphatic carbocycles. The molecule has 9 aromatic rings. The summed E-state index contributed by atoms with van der Waals surface area (Å²) < 4.78 is 113. The molecule has 3 aromatic heterocycles. The van der Waals surface area contributed by atoms with Gasteiger partial charge in [0.1, 0.15) is 11.2 Å². The number of hydrogen-bond acceptors (Lipinski definition) is 4. The van der Waals surface area contributed by atoms with Crippen molar-refractivity contribution in [2.24, 2.45) is 0 Å². The van der Waals surface area contributed by atoms with Gasteiger partial charge in [-0.05, 0) is 54.5 Å². The molecule has 0 bridgehead atoms. The van der Waals surface area contributed by atoms with E-state index in [-0.39, 0.29) is 44.8 Å². The second kappa shape index (κ2) is 9.75. The van der Waals surface area contributed by atoms with Crippen LogP contribution < -0.4 is 0 Å². The lowest BCUT2D eigenvalue weighted by atomic mass is 10.1.